The number of hydrogen-bond acceptors (Lipinski definition) is 4. The summed E-state index contributed by atoms with van der Waals surface area (Å²) in [7, 11) is -0.829. The number of para-hydroxylation sites is 1. The molecule has 0 saturated heterocycles. The molecular formula is C23H28N4O3S. The van der Waals surface area contributed by atoms with Gasteiger partial charge in [0.05, 0.1) is 11.1 Å². The molecule has 0 saturated carbocycles. The molecule has 1 N–H and O–H groups in total. The van der Waals surface area contributed by atoms with Crippen molar-refractivity contribution in [3.05, 3.63) is 70.9 Å². The molecule has 0 aliphatic carbocycles. The second-order valence-electron chi connectivity index (χ2n) is 7.94. The number of carbonyl (C=O) groups excluding carboxylic acids is 1. The number of rotatable bonds is 6. The van der Waals surface area contributed by atoms with E-state index in [0.29, 0.717) is 0 Å². The van der Waals surface area contributed by atoms with Gasteiger partial charge in [0.1, 0.15) is 5.56 Å². The van der Waals surface area contributed by atoms with Gasteiger partial charge in [0.25, 0.3) is 15.9 Å². The molecule has 31 heavy (non-hydrogen) atoms. The predicted octanol–water partition coefficient (Wildman–Crippen LogP) is 4.24. The van der Waals surface area contributed by atoms with Gasteiger partial charge in [0.15, 0.2) is 5.82 Å². The van der Waals surface area contributed by atoms with Crippen LogP contribution in [0, 0.1) is 13.8 Å². The highest BCUT2D eigenvalue weighted by Crippen LogP contribution is 2.30. The zero-order valence-corrected chi connectivity index (χ0v) is 19.5. The molecule has 1 heterocycles. The minimum absolute atomic E-state index is 0.147. The van der Waals surface area contributed by atoms with Crippen LogP contribution < -0.4 is 9.62 Å². The lowest BCUT2D eigenvalue weighted by atomic mass is 9.98. The van der Waals surface area contributed by atoms with Crippen LogP contribution >= 0.6 is 0 Å². The molecule has 0 atom stereocenters. The number of aryl methyl sites for hydroxylation is 3. The quantitative estimate of drug-likeness (QED) is 0.621. The maximum absolute atomic E-state index is 13.2. The van der Waals surface area contributed by atoms with Crippen molar-refractivity contribution in [1.82, 2.24) is 9.78 Å². The van der Waals surface area contributed by atoms with Crippen LogP contribution in [0.5, 0.6) is 0 Å². The van der Waals surface area contributed by atoms with Gasteiger partial charge in [-0.25, -0.2) is 8.42 Å². The number of anilines is 2. The first kappa shape index (κ1) is 22.6. The number of hydrogen-bond donors (Lipinski definition) is 1. The molecule has 7 nitrogen and oxygen atoms in total. The molecule has 0 unspecified atom stereocenters. The van der Waals surface area contributed by atoms with E-state index in [2.05, 4.69) is 24.3 Å². The summed E-state index contributed by atoms with van der Waals surface area (Å²) in [4.78, 5) is 13.3. The third-order valence-electron chi connectivity index (χ3n) is 5.30. The van der Waals surface area contributed by atoms with E-state index in [1.54, 1.807) is 31.3 Å². The third-order valence-corrected chi connectivity index (χ3v) is 7.06. The van der Waals surface area contributed by atoms with Gasteiger partial charge in [-0.05, 0) is 43.0 Å². The van der Waals surface area contributed by atoms with Crippen molar-refractivity contribution in [2.24, 2.45) is 7.05 Å². The van der Waals surface area contributed by atoms with Gasteiger partial charge in [0.2, 0.25) is 0 Å². The molecule has 8 heteroatoms. The fraction of sp³-hybridized carbons (Fsp3) is 0.304. The smallest absolute Gasteiger partial charge is 0.265 e. The zero-order chi connectivity index (χ0) is 22.9. The fourth-order valence-corrected chi connectivity index (χ4v) is 4.71. The highest BCUT2D eigenvalue weighted by atomic mass is 32.2. The Morgan fingerprint density at radius 1 is 1.10 bits per heavy atom. The summed E-state index contributed by atoms with van der Waals surface area (Å²) < 4.78 is 28.8. The summed E-state index contributed by atoms with van der Waals surface area (Å²) >= 11 is 0. The molecule has 0 aliphatic rings. The van der Waals surface area contributed by atoms with Gasteiger partial charge in [-0.3, -0.25) is 13.8 Å². The Hall–Kier alpha value is -3.13. The van der Waals surface area contributed by atoms with Crippen LogP contribution in [-0.2, 0) is 17.1 Å². The monoisotopic (exact) mass is 440 g/mol. The van der Waals surface area contributed by atoms with E-state index in [-0.39, 0.29) is 22.2 Å². The summed E-state index contributed by atoms with van der Waals surface area (Å²) in [6.07, 6.45) is 1.39. The van der Waals surface area contributed by atoms with Crippen molar-refractivity contribution in [3.8, 4) is 0 Å². The van der Waals surface area contributed by atoms with E-state index in [9.17, 15) is 13.2 Å². The summed E-state index contributed by atoms with van der Waals surface area (Å²) in [6, 6.07) is 12.5. The zero-order valence-electron chi connectivity index (χ0n) is 18.7. The van der Waals surface area contributed by atoms with Gasteiger partial charge in [-0.2, -0.15) is 5.10 Å². The predicted molar refractivity (Wildman–Crippen MR) is 123 cm³/mol. The average Bonchev–Trinajstić information content (AvgIpc) is 3.10. The van der Waals surface area contributed by atoms with E-state index in [1.807, 2.05) is 32.0 Å². The Labute approximate surface area is 183 Å². The Kier molecular flexibility index (Phi) is 6.22. The van der Waals surface area contributed by atoms with Gasteiger partial charge in [-0.1, -0.05) is 49.7 Å². The standard InChI is InChI=1S/C23H28N4O3S/c1-15(2)19-9-7-8-17(4)21(19)25-22(28)20-14-24-26(5)23(20)27(6)31(29,30)18-12-10-16(3)11-13-18/h7-15H,1-6H3,(H,25,28). The highest BCUT2D eigenvalue weighted by molar-refractivity contribution is 7.92. The van der Waals surface area contributed by atoms with Gasteiger partial charge in [0, 0.05) is 19.8 Å². The molecule has 3 rings (SSSR count). The van der Waals surface area contributed by atoms with Gasteiger partial charge in [-0.15, -0.1) is 0 Å². The number of nitrogens with one attached hydrogen (secondary N) is 1. The van der Waals surface area contributed by atoms with Crippen LogP contribution in [0.3, 0.4) is 0 Å². The molecule has 1 aromatic heterocycles. The number of aromatic nitrogens is 2. The summed E-state index contributed by atoms with van der Waals surface area (Å²) in [6.45, 7) is 7.93. The molecule has 0 radical (unpaired) electrons. The maximum Gasteiger partial charge on any atom is 0.265 e. The Morgan fingerprint density at radius 3 is 2.35 bits per heavy atom. The normalized spacial score (nSPS) is 11.6. The number of carbonyl (C=O) groups is 1. The minimum atomic E-state index is -3.87. The van der Waals surface area contributed by atoms with Crippen molar-refractivity contribution in [2.45, 2.75) is 38.5 Å². The fourth-order valence-electron chi connectivity index (χ4n) is 3.47. The van der Waals surface area contributed by atoms with Crippen LogP contribution in [0.15, 0.2) is 53.6 Å². The van der Waals surface area contributed by atoms with Crippen LogP contribution in [0.2, 0.25) is 0 Å². The molecule has 0 aliphatic heterocycles. The maximum atomic E-state index is 13.2. The first-order valence-corrected chi connectivity index (χ1v) is 11.5. The molecule has 0 fully saturated rings. The number of nitrogens with zero attached hydrogens (tertiary/aromatic N) is 3. The van der Waals surface area contributed by atoms with Gasteiger partial charge >= 0.3 is 0 Å². The summed E-state index contributed by atoms with van der Waals surface area (Å²) in [5.74, 6) is -0.00355. The molecule has 1 amide bonds. The van der Waals surface area contributed by atoms with Crippen molar-refractivity contribution in [3.63, 3.8) is 0 Å². The minimum Gasteiger partial charge on any atom is -0.321 e. The Morgan fingerprint density at radius 2 is 1.74 bits per heavy atom. The molecule has 0 spiro atoms. The van der Waals surface area contributed by atoms with Crippen LogP contribution in [0.4, 0.5) is 11.5 Å². The average molecular weight is 441 g/mol. The van der Waals surface area contributed by atoms with E-state index < -0.39 is 15.9 Å². The highest BCUT2D eigenvalue weighted by Gasteiger charge is 2.29. The topological polar surface area (TPSA) is 84.3 Å². The Balaban J connectivity index is 2.00. The second-order valence-corrected chi connectivity index (χ2v) is 9.91. The van der Waals surface area contributed by atoms with E-state index in [0.717, 1.165) is 26.7 Å². The lowest BCUT2D eigenvalue weighted by molar-refractivity contribution is 0.102. The second kappa shape index (κ2) is 8.55. The van der Waals surface area contributed by atoms with Crippen LogP contribution in [0.1, 0.15) is 46.8 Å². The summed E-state index contributed by atoms with van der Waals surface area (Å²) in [5.41, 5.74) is 3.83. The van der Waals surface area contributed by atoms with E-state index in [1.165, 1.54) is 17.9 Å². The SMILES string of the molecule is Cc1ccc(S(=O)(=O)N(C)c2c(C(=O)Nc3c(C)cccc3C(C)C)cnn2C)cc1. The van der Waals surface area contributed by atoms with Crippen LogP contribution in [-0.4, -0.2) is 31.2 Å². The van der Waals surface area contributed by atoms with Crippen molar-refractivity contribution in [1.29, 1.82) is 0 Å². The van der Waals surface area contributed by atoms with Gasteiger partial charge < -0.3 is 5.32 Å². The Bertz CT molecular complexity index is 1210. The number of benzene rings is 2. The van der Waals surface area contributed by atoms with Crippen molar-refractivity contribution >= 4 is 27.4 Å². The van der Waals surface area contributed by atoms with E-state index >= 15 is 0 Å². The van der Waals surface area contributed by atoms with Crippen LogP contribution in [0.25, 0.3) is 0 Å². The largest absolute Gasteiger partial charge is 0.321 e. The molecular weight excluding hydrogens is 412 g/mol. The molecule has 3 aromatic rings. The lowest BCUT2D eigenvalue weighted by Gasteiger charge is -2.21. The number of sulfonamides is 1. The van der Waals surface area contributed by atoms with E-state index in [4.69, 9.17) is 0 Å². The third kappa shape index (κ3) is 4.34. The summed E-state index contributed by atoms with van der Waals surface area (Å²) in [5, 5.41) is 7.12. The van der Waals surface area contributed by atoms with Crippen molar-refractivity contribution < 1.29 is 13.2 Å². The molecule has 0 bridgehead atoms. The number of amides is 1. The first-order chi connectivity index (χ1) is 14.5. The lowest BCUT2D eigenvalue weighted by Crippen LogP contribution is -2.30. The first-order valence-electron chi connectivity index (χ1n) is 10.0. The molecule has 164 valence electrons. The van der Waals surface area contributed by atoms with Crippen molar-refractivity contribution in [2.75, 3.05) is 16.7 Å². The molecule has 2 aromatic carbocycles.